The van der Waals surface area contributed by atoms with Crippen molar-refractivity contribution in [2.24, 2.45) is 0 Å². The molecule has 1 fully saturated rings. The third-order valence-electron chi connectivity index (χ3n) is 5.25. The molecule has 1 aromatic heterocycles. The molecular weight excluding hydrogens is 300 g/mol. The van der Waals surface area contributed by atoms with Gasteiger partial charge in [-0.2, -0.15) is 5.16 Å². The highest BCUT2D eigenvalue weighted by Gasteiger charge is 2.29. The maximum absolute atomic E-state index is 11.3. The van der Waals surface area contributed by atoms with Crippen LogP contribution in [0.15, 0.2) is 39.6 Å². The molecule has 0 amide bonds. The highest BCUT2D eigenvalue weighted by Crippen LogP contribution is 2.32. The fourth-order valence-corrected chi connectivity index (χ4v) is 3.58. The molecule has 0 saturated carbocycles. The Hall–Kier alpha value is -1.81. The first-order valence-corrected chi connectivity index (χ1v) is 8.81. The number of H-pyrrole nitrogens is 1. The molecule has 130 valence electrons. The topological polar surface area (TPSA) is 49.2 Å². The van der Waals surface area contributed by atoms with E-state index in [2.05, 4.69) is 62.1 Å². The van der Waals surface area contributed by atoms with Crippen LogP contribution in [0, 0.1) is 0 Å². The third-order valence-corrected chi connectivity index (χ3v) is 5.25. The summed E-state index contributed by atoms with van der Waals surface area (Å²) in [6.07, 6.45) is 3.10. The van der Waals surface area contributed by atoms with E-state index in [1.165, 1.54) is 11.1 Å². The molecule has 3 rings (SSSR count). The number of rotatable bonds is 3. The van der Waals surface area contributed by atoms with Gasteiger partial charge < -0.3 is 9.42 Å². The lowest BCUT2D eigenvalue weighted by Gasteiger charge is -2.36. The van der Waals surface area contributed by atoms with Gasteiger partial charge in [0.25, 0.3) is 5.56 Å². The van der Waals surface area contributed by atoms with Crippen molar-refractivity contribution in [1.82, 2.24) is 10.1 Å². The minimum absolute atomic E-state index is 0.141. The lowest BCUT2D eigenvalue weighted by atomic mass is 9.84. The summed E-state index contributed by atoms with van der Waals surface area (Å²) < 4.78 is 5.33. The Balaban J connectivity index is 1.70. The van der Waals surface area contributed by atoms with Crippen LogP contribution in [0.4, 0.5) is 0 Å². The molecule has 2 atom stereocenters. The maximum atomic E-state index is 11.3. The first kappa shape index (κ1) is 17.0. The smallest absolute Gasteiger partial charge is 0.280 e. The molecule has 1 N–H and O–H groups in total. The van der Waals surface area contributed by atoms with E-state index in [-0.39, 0.29) is 11.0 Å². The molecule has 0 unspecified atom stereocenters. The van der Waals surface area contributed by atoms with Crippen molar-refractivity contribution in [3.8, 4) is 0 Å². The van der Waals surface area contributed by atoms with Crippen molar-refractivity contribution in [2.45, 2.75) is 57.4 Å². The predicted octanol–water partition coefficient (Wildman–Crippen LogP) is 3.69. The second kappa shape index (κ2) is 6.60. The SMILES string of the molecule is CN1CC[C@@H](c2cc(=O)[nH]o2)C[C@H]1Cc1ccc(C(C)(C)C)cc1. The lowest BCUT2D eigenvalue weighted by Crippen LogP contribution is -2.40. The number of aromatic amines is 1. The summed E-state index contributed by atoms with van der Waals surface area (Å²) >= 11 is 0. The van der Waals surface area contributed by atoms with Gasteiger partial charge in [0.15, 0.2) is 0 Å². The van der Waals surface area contributed by atoms with Crippen LogP contribution in [0.2, 0.25) is 0 Å². The Bertz CT molecular complexity index is 721. The Morgan fingerprint density at radius 1 is 1.25 bits per heavy atom. The molecule has 24 heavy (non-hydrogen) atoms. The number of nitrogens with zero attached hydrogens (tertiary/aromatic N) is 1. The highest BCUT2D eigenvalue weighted by molar-refractivity contribution is 5.28. The Labute approximate surface area is 143 Å². The van der Waals surface area contributed by atoms with Gasteiger partial charge in [0, 0.05) is 18.0 Å². The molecule has 1 aliphatic rings. The van der Waals surface area contributed by atoms with Crippen LogP contribution in [0.1, 0.15) is 56.4 Å². The fraction of sp³-hybridized carbons (Fsp3) is 0.550. The summed E-state index contributed by atoms with van der Waals surface area (Å²) in [6, 6.07) is 11.1. The molecule has 1 aliphatic heterocycles. The zero-order valence-corrected chi connectivity index (χ0v) is 15.1. The average molecular weight is 328 g/mol. The van der Waals surface area contributed by atoms with E-state index in [1.807, 2.05) is 0 Å². The van der Waals surface area contributed by atoms with E-state index in [9.17, 15) is 4.79 Å². The van der Waals surface area contributed by atoms with E-state index in [0.29, 0.717) is 12.0 Å². The lowest BCUT2D eigenvalue weighted by molar-refractivity contribution is 0.155. The van der Waals surface area contributed by atoms with Crippen molar-refractivity contribution in [2.75, 3.05) is 13.6 Å². The molecule has 0 spiro atoms. The molecular formula is C20H28N2O2. The number of benzene rings is 1. The Morgan fingerprint density at radius 3 is 2.54 bits per heavy atom. The van der Waals surface area contributed by atoms with E-state index >= 15 is 0 Å². The number of piperidine rings is 1. The van der Waals surface area contributed by atoms with Crippen LogP contribution in [-0.2, 0) is 11.8 Å². The summed E-state index contributed by atoms with van der Waals surface area (Å²) in [7, 11) is 2.19. The van der Waals surface area contributed by atoms with Crippen molar-refractivity contribution >= 4 is 0 Å². The van der Waals surface area contributed by atoms with E-state index in [0.717, 1.165) is 31.6 Å². The summed E-state index contributed by atoms with van der Waals surface area (Å²) in [5, 5.41) is 2.42. The average Bonchev–Trinajstić information content (AvgIpc) is 2.96. The van der Waals surface area contributed by atoms with Gasteiger partial charge in [0.05, 0.1) is 0 Å². The van der Waals surface area contributed by atoms with Gasteiger partial charge in [-0.3, -0.25) is 4.79 Å². The number of likely N-dealkylation sites (N-methyl/N-ethyl adjacent to an activating group) is 1. The molecule has 1 saturated heterocycles. The number of aromatic nitrogens is 1. The minimum atomic E-state index is -0.141. The number of nitrogens with one attached hydrogen (secondary N) is 1. The van der Waals surface area contributed by atoms with Gasteiger partial charge >= 0.3 is 0 Å². The van der Waals surface area contributed by atoms with Gasteiger partial charge in [-0.05, 0) is 49.4 Å². The number of hydrogen-bond acceptors (Lipinski definition) is 3. The number of hydrogen-bond donors (Lipinski definition) is 1. The summed E-state index contributed by atoms with van der Waals surface area (Å²) in [5.41, 5.74) is 2.79. The van der Waals surface area contributed by atoms with Crippen molar-refractivity contribution < 1.29 is 4.52 Å². The maximum Gasteiger partial charge on any atom is 0.280 e. The second-order valence-corrected chi connectivity index (χ2v) is 8.12. The third kappa shape index (κ3) is 3.81. The van der Waals surface area contributed by atoms with Gasteiger partial charge in [0.2, 0.25) is 0 Å². The van der Waals surface area contributed by atoms with E-state index < -0.39 is 0 Å². The molecule has 1 aromatic carbocycles. The van der Waals surface area contributed by atoms with Crippen LogP contribution in [0.25, 0.3) is 0 Å². The normalized spacial score (nSPS) is 22.7. The quantitative estimate of drug-likeness (QED) is 0.935. The van der Waals surface area contributed by atoms with Crippen LogP contribution >= 0.6 is 0 Å². The van der Waals surface area contributed by atoms with Crippen molar-refractivity contribution in [1.29, 1.82) is 0 Å². The Kier molecular flexibility index (Phi) is 4.68. The summed E-state index contributed by atoms with van der Waals surface area (Å²) in [4.78, 5) is 13.8. The van der Waals surface area contributed by atoms with Crippen LogP contribution < -0.4 is 5.56 Å². The standard InChI is InChI=1S/C20H28N2O2/c1-20(2,3)16-7-5-14(6-8-16)11-17-12-15(9-10-22(17)4)18-13-19(23)21-24-18/h5-8,13,15,17H,9-12H2,1-4H3,(H,21,23)/t15-,17-/m1/s1. The van der Waals surface area contributed by atoms with Gasteiger partial charge in [0.1, 0.15) is 5.76 Å². The minimum Gasteiger partial charge on any atom is -0.383 e. The summed E-state index contributed by atoms with van der Waals surface area (Å²) in [5.74, 6) is 1.14. The van der Waals surface area contributed by atoms with Crippen LogP contribution in [0.5, 0.6) is 0 Å². The molecule has 2 aromatic rings. The first-order chi connectivity index (χ1) is 11.3. The van der Waals surface area contributed by atoms with Crippen molar-refractivity contribution in [3.05, 3.63) is 57.6 Å². The number of likely N-dealkylation sites (tertiary alicyclic amines) is 1. The fourth-order valence-electron chi connectivity index (χ4n) is 3.58. The molecule has 0 bridgehead atoms. The molecule has 4 nitrogen and oxygen atoms in total. The van der Waals surface area contributed by atoms with Crippen LogP contribution in [-0.4, -0.2) is 29.7 Å². The first-order valence-electron chi connectivity index (χ1n) is 8.81. The zero-order valence-electron chi connectivity index (χ0n) is 15.1. The second-order valence-electron chi connectivity index (χ2n) is 8.12. The van der Waals surface area contributed by atoms with Gasteiger partial charge in [-0.15, -0.1) is 0 Å². The molecule has 4 heteroatoms. The monoisotopic (exact) mass is 328 g/mol. The van der Waals surface area contributed by atoms with Crippen LogP contribution in [0.3, 0.4) is 0 Å². The van der Waals surface area contributed by atoms with E-state index in [1.54, 1.807) is 6.07 Å². The molecule has 0 aliphatic carbocycles. The van der Waals surface area contributed by atoms with E-state index in [4.69, 9.17) is 4.52 Å². The molecule has 2 heterocycles. The van der Waals surface area contributed by atoms with Crippen molar-refractivity contribution in [3.63, 3.8) is 0 Å². The zero-order chi connectivity index (χ0) is 17.3. The Morgan fingerprint density at radius 2 is 1.96 bits per heavy atom. The van der Waals surface area contributed by atoms with Gasteiger partial charge in [-0.25, -0.2) is 0 Å². The highest BCUT2D eigenvalue weighted by atomic mass is 16.5. The molecule has 0 radical (unpaired) electrons. The summed E-state index contributed by atoms with van der Waals surface area (Å²) in [6.45, 7) is 7.76. The predicted molar refractivity (Wildman–Crippen MR) is 96.6 cm³/mol. The van der Waals surface area contributed by atoms with Gasteiger partial charge in [-0.1, -0.05) is 45.0 Å². The largest absolute Gasteiger partial charge is 0.383 e.